The lowest BCUT2D eigenvalue weighted by molar-refractivity contribution is 0.0698. The lowest BCUT2D eigenvalue weighted by Crippen LogP contribution is -2.32. The van der Waals surface area contributed by atoms with Crippen LogP contribution in [0, 0.1) is 0 Å². The lowest BCUT2D eigenvalue weighted by Gasteiger charge is -2.10. The van der Waals surface area contributed by atoms with Crippen LogP contribution in [0.5, 0.6) is 0 Å². The highest BCUT2D eigenvalue weighted by Gasteiger charge is 2.18. The number of fused-ring (bicyclic) bond motifs is 1. The van der Waals surface area contributed by atoms with Gasteiger partial charge in [0.05, 0.1) is 10.9 Å². The standard InChI is InChI=1S/C14H17N3O4/c1-3-5-8-7-9(13(19)20)10-11(15-8)17(6-4-2)14(21)16-12(10)18/h7H,3-6H2,1-2H3,(H,19,20)(H,16,18,21). The number of pyridine rings is 1. The maximum Gasteiger partial charge on any atom is 0.336 e. The summed E-state index contributed by atoms with van der Waals surface area (Å²) in [5, 5.41) is 9.28. The molecule has 0 fully saturated rings. The van der Waals surface area contributed by atoms with Crippen molar-refractivity contribution >= 4 is 17.0 Å². The van der Waals surface area contributed by atoms with E-state index in [0.717, 1.165) is 6.42 Å². The number of nitrogens with zero attached hydrogens (tertiary/aromatic N) is 2. The number of nitrogens with one attached hydrogen (secondary N) is 1. The van der Waals surface area contributed by atoms with Crippen molar-refractivity contribution in [2.45, 2.75) is 39.7 Å². The van der Waals surface area contributed by atoms with Gasteiger partial charge in [0.1, 0.15) is 0 Å². The van der Waals surface area contributed by atoms with Crippen LogP contribution in [-0.4, -0.2) is 25.6 Å². The minimum Gasteiger partial charge on any atom is -0.478 e. The van der Waals surface area contributed by atoms with E-state index in [9.17, 15) is 19.5 Å². The lowest BCUT2D eigenvalue weighted by atomic mass is 10.1. The van der Waals surface area contributed by atoms with E-state index in [2.05, 4.69) is 9.97 Å². The van der Waals surface area contributed by atoms with Gasteiger partial charge in [-0.25, -0.2) is 14.6 Å². The van der Waals surface area contributed by atoms with E-state index in [1.54, 1.807) is 0 Å². The van der Waals surface area contributed by atoms with Crippen molar-refractivity contribution < 1.29 is 9.90 Å². The second kappa shape index (κ2) is 5.90. The summed E-state index contributed by atoms with van der Waals surface area (Å²) in [5.41, 5.74) is -0.678. The number of hydrogen-bond acceptors (Lipinski definition) is 4. The summed E-state index contributed by atoms with van der Waals surface area (Å²) in [4.78, 5) is 41.8. The Bertz CT molecular complexity index is 804. The minimum absolute atomic E-state index is 0.0459. The number of H-pyrrole nitrogens is 1. The van der Waals surface area contributed by atoms with Crippen molar-refractivity contribution in [3.63, 3.8) is 0 Å². The summed E-state index contributed by atoms with van der Waals surface area (Å²) in [5.74, 6) is -1.20. The summed E-state index contributed by atoms with van der Waals surface area (Å²) in [6.45, 7) is 4.20. The first-order valence-electron chi connectivity index (χ1n) is 6.89. The topological polar surface area (TPSA) is 105 Å². The van der Waals surface area contributed by atoms with Crippen LogP contribution >= 0.6 is 0 Å². The Morgan fingerprint density at radius 1 is 1.33 bits per heavy atom. The predicted molar refractivity (Wildman–Crippen MR) is 77.9 cm³/mol. The van der Waals surface area contributed by atoms with Gasteiger partial charge in [-0.05, 0) is 18.9 Å². The van der Waals surface area contributed by atoms with Crippen molar-refractivity contribution in [2.75, 3.05) is 0 Å². The average molecular weight is 291 g/mol. The van der Waals surface area contributed by atoms with Crippen LogP contribution in [0.3, 0.4) is 0 Å². The second-order valence-electron chi connectivity index (χ2n) is 4.83. The second-order valence-corrected chi connectivity index (χ2v) is 4.83. The van der Waals surface area contributed by atoms with Crippen molar-refractivity contribution in [1.29, 1.82) is 0 Å². The minimum atomic E-state index is -1.20. The molecule has 0 unspecified atom stereocenters. The average Bonchev–Trinajstić information content (AvgIpc) is 2.42. The fourth-order valence-corrected chi connectivity index (χ4v) is 2.31. The van der Waals surface area contributed by atoms with Crippen LogP contribution in [0.25, 0.3) is 11.0 Å². The van der Waals surface area contributed by atoms with Crippen molar-refractivity contribution in [2.24, 2.45) is 0 Å². The smallest absolute Gasteiger partial charge is 0.336 e. The summed E-state index contributed by atoms with van der Waals surface area (Å²) in [6.07, 6.45) is 2.05. The van der Waals surface area contributed by atoms with Crippen molar-refractivity contribution in [3.05, 3.63) is 38.2 Å². The Balaban J connectivity index is 2.95. The maximum absolute atomic E-state index is 12.0. The summed E-state index contributed by atoms with van der Waals surface area (Å²) in [7, 11) is 0. The Morgan fingerprint density at radius 3 is 2.62 bits per heavy atom. The van der Waals surface area contributed by atoms with Crippen LogP contribution in [0.4, 0.5) is 0 Å². The molecule has 0 aromatic carbocycles. The van der Waals surface area contributed by atoms with E-state index in [-0.39, 0.29) is 16.6 Å². The van der Waals surface area contributed by atoms with E-state index >= 15 is 0 Å². The quantitative estimate of drug-likeness (QED) is 0.859. The van der Waals surface area contributed by atoms with Crippen LogP contribution in [0.2, 0.25) is 0 Å². The van der Waals surface area contributed by atoms with Gasteiger partial charge in [-0.3, -0.25) is 14.3 Å². The molecule has 0 radical (unpaired) electrons. The molecule has 0 aliphatic carbocycles. The van der Waals surface area contributed by atoms with Crippen LogP contribution in [0.15, 0.2) is 15.7 Å². The molecular formula is C14H17N3O4. The highest BCUT2D eigenvalue weighted by atomic mass is 16.4. The highest BCUT2D eigenvalue weighted by molar-refractivity contribution is 6.01. The van der Waals surface area contributed by atoms with E-state index < -0.39 is 17.2 Å². The molecule has 0 saturated carbocycles. The van der Waals surface area contributed by atoms with Gasteiger partial charge in [0.15, 0.2) is 5.65 Å². The third-order valence-electron chi connectivity index (χ3n) is 3.19. The molecule has 21 heavy (non-hydrogen) atoms. The van der Waals surface area contributed by atoms with Crippen LogP contribution in [-0.2, 0) is 13.0 Å². The molecule has 0 aliphatic heterocycles. The maximum atomic E-state index is 12.0. The monoisotopic (exact) mass is 291 g/mol. The third-order valence-corrected chi connectivity index (χ3v) is 3.19. The number of aromatic amines is 1. The number of aromatic carboxylic acids is 1. The van der Waals surface area contributed by atoms with E-state index in [4.69, 9.17) is 0 Å². The van der Waals surface area contributed by atoms with Crippen LogP contribution < -0.4 is 11.2 Å². The Morgan fingerprint density at radius 2 is 2.05 bits per heavy atom. The van der Waals surface area contributed by atoms with Gasteiger partial charge in [-0.1, -0.05) is 20.3 Å². The molecule has 2 aromatic rings. The molecule has 2 rings (SSSR count). The molecule has 2 N–H and O–H groups in total. The molecule has 0 amide bonds. The summed E-state index contributed by atoms with van der Waals surface area (Å²) in [6, 6.07) is 1.41. The largest absolute Gasteiger partial charge is 0.478 e. The molecule has 0 bridgehead atoms. The molecule has 0 aliphatic rings. The fourth-order valence-electron chi connectivity index (χ4n) is 2.31. The third kappa shape index (κ3) is 2.72. The molecule has 2 heterocycles. The molecule has 2 aromatic heterocycles. The molecule has 112 valence electrons. The summed E-state index contributed by atoms with van der Waals surface area (Å²) < 4.78 is 1.32. The first-order chi connectivity index (χ1) is 9.99. The Labute approximate surface area is 120 Å². The Kier molecular flexibility index (Phi) is 4.21. The van der Waals surface area contributed by atoms with Gasteiger partial charge in [-0.2, -0.15) is 0 Å². The molecule has 0 saturated heterocycles. The molecule has 0 spiro atoms. The van der Waals surface area contributed by atoms with Crippen molar-refractivity contribution in [3.8, 4) is 0 Å². The summed E-state index contributed by atoms with van der Waals surface area (Å²) >= 11 is 0. The Hall–Kier alpha value is -2.44. The number of hydrogen-bond donors (Lipinski definition) is 2. The van der Waals surface area contributed by atoms with Gasteiger partial charge in [-0.15, -0.1) is 0 Å². The highest BCUT2D eigenvalue weighted by Crippen LogP contribution is 2.15. The van der Waals surface area contributed by atoms with Crippen LogP contribution in [0.1, 0.15) is 42.7 Å². The fraction of sp³-hybridized carbons (Fsp3) is 0.429. The molecule has 0 atom stereocenters. The number of carbonyl (C=O) groups is 1. The van der Waals surface area contributed by atoms with E-state index in [1.807, 2.05) is 13.8 Å². The van der Waals surface area contributed by atoms with Gasteiger partial charge in [0.2, 0.25) is 0 Å². The number of carboxylic acids is 1. The molecular weight excluding hydrogens is 274 g/mol. The first kappa shape index (κ1) is 15.0. The predicted octanol–water partition coefficient (Wildman–Crippen LogP) is 1.15. The van der Waals surface area contributed by atoms with E-state index in [0.29, 0.717) is 25.1 Å². The zero-order valence-corrected chi connectivity index (χ0v) is 12.0. The molecule has 7 heteroatoms. The zero-order valence-electron chi connectivity index (χ0n) is 12.0. The number of rotatable bonds is 5. The van der Waals surface area contributed by atoms with Gasteiger partial charge >= 0.3 is 11.7 Å². The number of carboxylic acid groups (broad SMARTS) is 1. The SMILES string of the molecule is CCCc1cc(C(=O)O)c2c(=O)[nH]c(=O)n(CCC)c2n1. The number of aromatic nitrogens is 3. The van der Waals surface area contributed by atoms with Gasteiger partial charge in [0, 0.05) is 12.2 Å². The van der Waals surface area contributed by atoms with Crippen molar-refractivity contribution in [1.82, 2.24) is 14.5 Å². The van der Waals surface area contributed by atoms with E-state index in [1.165, 1.54) is 10.6 Å². The zero-order chi connectivity index (χ0) is 15.6. The van der Waals surface area contributed by atoms with Gasteiger partial charge in [0.25, 0.3) is 5.56 Å². The molecule has 7 nitrogen and oxygen atoms in total. The normalized spacial score (nSPS) is 11.0. The number of aryl methyl sites for hydroxylation is 2. The first-order valence-corrected chi connectivity index (χ1v) is 6.89. The van der Waals surface area contributed by atoms with Gasteiger partial charge < -0.3 is 5.11 Å².